The van der Waals surface area contributed by atoms with E-state index in [1.54, 1.807) is 13.8 Å². The molecule has 0 aliphatic heterocycles. The third kappa shape index (κ3) is 12.4. The van der Waals surface area contributed by atoms with E-state index in [-0.39, 0.29) is 12.3 Å². The minimum absolute atomic E-state index is 0.0356. The van der Waals surface area contributed by atoms with Crippen molar-refractivity contribution in [2.24, 2.45) is 5.92 Å². The number of nitrogens with zero attached hydrogens (tertiary/aromatic N) is 1. The summed E-state index contributed by atoms with van der Waals surface area (Å²) >= 11 is 0. The summed E-state index contributed by atoms with van der Waals surface area (Å²) in [5, 5.41) is 10.3. The third-order valence-electron chi connectivity index (χ3n) is 4.84. The molecule has 0 unspecified atom stereocenters. The normalized spacial score (nSPS) is 13.5. The molecule has 1 amide bonds. The lowest BCUT2D eigenvalue weighted by Crippen LogP contribution is -2.45. The summed E-state index contributed by atoms with van der Waals surface area (Å²) in [6, 6.07) is 0. The Morgan fingerprint density at radius 3 is 2.19 bits per heavy atom. The fourth-order valence-corrected chi connectivity index (χ4v) is 2.33. The van der Waals surface area contributed by atoms with E-state index < -0.39 is 37.0 Å². The summed E-state index contributed by atoms with van der Waals surface area (Å²) in [5.74, 6) is -1.75. The topological polar surface area (TPSA) is 82.5 Å². The molecular formula is C21H41N3O3. The zero-order valence-corrected chi connectivity index (χ0v) is 17.8. The van der Waals surface area contributed by atoms with Gasteiger partial charge in [-0.25, -0.2) is 0 Å². The molecule has 0 saturated heterocycles. The second-order valence-corrected chi connectivity index (χ2v) is 7.94. The standard InChI is InChI=1S/C21H41N3O3/c1-7-8-9-10-11-12-13-14-15-18(25)23-20(22)24(6)16-19(26)27-21(4,5)17(2)3/h17H,7-16H2,1-6H3,(H2,22,23,25)/i6D3. The Hall–Kier alpha value is -1.59. The Kier molecular flexibility index (Phi) is 10.1. The molecule has 6 heteroatoms. The van der Waals surface area contributed by atoms with Gasteiger partial charge < -0.3 is 9.64 Å². The van der Waals surface area contributed by atoms with Crippen molar-refractivity contribution in [2.45, 2.75) is 98.0 Å². The molecule has 0 aromatic heterocycles. The number of unbranched alkanes of at least 4 members (excludes halogenated alkanes) is 7. The van der Waals surface area contributed by atoms with Gasteiger partial charge in [0.25, 0.3) is 0 Å². The number of carbonyl (C=O) groups excluding carboxylic acids is 2. The van der Waals surface area contributed by atoms with Crippen molar-refractivity contribution < 1.29 is 18.4 Å². The Bertz CT molecular complexity index is 549. The summed E-state index contributed by atoms with van der Waals surface area (Å²) in [7, 11) is 0. The van der Waals surface area contributed by atoms with Crippen molar-refractivity contribution >= 4 is 17.8 Å². The quantitative estimate of drug-likeness (QED) is 0.212. The molecule has 0 atom stereocenters. The van der Waals surface area contributed by atoms with Gasteiger partial charge in [-0.15, -0.1) is 0 Å². The van der Waals surface area contributed by atoms with Crippen molar-refractivity contribution in [3.8, 4) is 0 Å². The molecule has 0 aliphatic carbocycles. The summed E-state index contributed by atoms with van der Waals surface area (Å²) in [4.78, 5) is 24.9. The first kappa shape index (κ1) is 20.2. The van der Waals surface area contributed by atoms with E-state index in [4.69, 9.17) is 14.3 Å². The lowest BCUT2D eigenvalue weighted by atomic mass is 9.95. The molecule has 0 aliphatic rings. The highest BCUT2D eigenvalue weighted by atomic mass is 16.6. The molecule has 158 valence electrons. The predicted octanol–water partition coefficient (Wildman–Crippen LogP) is 4.48. The summed E-state index contributed by atoms with van der Waals surface area (Å²) in [6.07, 6.45) is 8.97. The van der Waals surface area contributed by atoms with Crippen LogP contribution in [0.1, 0.15) is 96.5 Å². The second kappa shape index (κ2) is 13.6. The van der Waals surface area contributed by atoms with E-state index in [9.17, 15) is 9.59 Å². The van der Waals surface area contributed by atoms with Gasteiger partial charge in [-0.3, -0.25) is 20.3 Å². The zero-order chi connectivity index (χ0) is 23.4. The first-order valence-electron chi connectivity index (χ1n) is 11.7. The number of hydrogen-bond acceptors (Lipinski definition) is 4. The average Bonchev–Trinajstić information content (AvgIpc) is 2.60. The first-order chi connectivity index (χ1) is 13.8. The van der Waals surface area contributed by atoms with Gasteiger partial charge in [0.2, 0.25) is 5.91 Å². The predicted molar refractivity (Wildman–Crippen MR) is 111 cm³/mol. The maximum Gasteiger partial charge on any atom is 0.326 e. The Labute approximate surface area is 170 Å². The van der Waals surface area contributed by atoms with Gasteiger partial charge in [0, 0.05) is 17.5 Å². The monoisotopic (exact) mass is 386 g/mol. The number of nitrogens with one attached hydrogen (secondary N) is 2. The largest absolute Gasteiger partial charge is 0.458 e. The highest BCUT2D eigenvalue weighted by Gasteiger charge is 2.27. The van der Waals surface area contributed by atoms with Crippen molar-refractivity contribution in [2.75, 3.05) is 13.5 Å². The van der Waals surface area contributed by atoms with Crippen LogP contribution >= 0.6 is 0 Å². The molecule has 0 radical (unpaired) electrons. The lowest BCUT2D eigenvalue weighted by molar-refractivity contribution is -0.160. The van der Waals surface area contributed by atoms with Crippen LogP contribution < -0.4 is 5.32 Å². The van der Waals surface area contributed by atoms with Gasteiger partial charge in [-0.1, -0.05) is 65.7 Å². The summed E-state index contributed by atoms with van der Waals surface area (Å²) in [5.41, 5.74) is -0.764. The van der Waals surface area contributed by atoms with Crippen molar-refractivity contribution in [3.63, 3.8) is 0 Å². The van der Waals surface area contributed by atoms with E-state index in [0.29, 0.717) is 11.3 Å². The highest BCUT2D eigenvalue weighted by Crippen LogP contribution is 2.20. The van der Waals surface area contributed by atoms with Gasteiger partial charge in [-0.05, 0) is 26.2 Å². The number of hydrogen-bond donors (Lipinski definition) is 2. The van der Waals surface area contributed by atoms with E-state index in [0.717, 1.165) is 19.3 Å². The van der Waals surface area contributed by atoms with Crippen LogP contribution in [0.5, 0.6) is 0 Å². The lowest BCUT2D eigenvalue weighted by Gasteiger charge is -2.30. The molecule has 27 heavy (non-hydrogen) atoms. The first-order valence-corrected chi connectivity index (χ1v) is 10.2. The van der Waals surface area contributed by atoms with Gasteiger partial charge in [0.1, 0.15) is 12.1 Å². The number of esters is 1. The van der Waals surface area contributed by atoms with Crippen LogP contribution in [0.2, 0.25) is 0 Å². The summed E-state index contributed by atoms with van der Waals surface area (Å²) in [6.45, 7) is 6.06. The highest BCUT2D eigenvalue weighted by molar-refractivity contribution is 5.96. The van der Waals surface area contributed by atoms with Crippen molar-refractivity contribution in [3.05, 3.63) is 0 Å². The molecule has 0 heterocycles. The average molecular weight is 387 g/mol. The van der Waals surface area contributed by atoms with Crippen LogP contribution in [-0.2, 0) is 14.3 Å². The van der Waals surface area contributed by atoms with Crippen LogP contribution in [0, 0.1) is 11.3 Å². The number of likely N-dealkylation sites (N-methyl/N-ethyl adjacent to an activating group) is 1. The summed E-state index contributed by atoms with van der Waals surface area (Å²) < 4.78 is 28.1. The number of guanidine groups is 1. The number of carbonyl (C=O) groups is 2. The molecule has 0 aromatic carbocycles. The Morgan fingerprint density at radius 2 is 1.67 bits per heavy atom. The van der Waals surface area contributed by atoms with Gasteiger partial charge >= 0.3 is 5.97 Å². The van der Waals surface area contributed by atoms with E-state index in [2.05, 4.69) is 12.2 Å². The molecule has 0 fully saturated rings. The van der Waals surface area contributed by atoms with Gasteiger partial charge in [-0.2, -0.15) is 0 Å². The molecule has 2 N–H and O–H groups in total. The minimum Gasteiger partial charge on any atom is -0.458 e. The molecule has 0 spiro atoms. The van der Waals surface area contributed by atoms with Gasteiger partial charge in [0.05, 0.1) is 0 Å². The maximum absolute atomic E-state index is 12.2. The maximum atomic E-state index is 12.2. The van der Waals surface area contributed by atoms with E-state index >= 15 is 0 Å². The van der Waals surface area contributed by atoms with Crippen LogP contribution in [0.25, 0.3) is 0 Å². The number of ether oxygens (including phenoxy) is 1. The Morgan fingerprint density at radius 1 is 1.11 bits per heavy atom. The number of rotatable bonds is 13. The second-order valence-electron chi connectivity index (χ2n) is 7.94. The van der Waals surface area contributed by atoms with E-state index in [1.807, 2.05) is 13.8 Å². The molecule has 0 aromatic rings. The fourth-order valence-electron chi connectivity index (χ4n) is 2.33. The molecule has 0 saturated carbocycles. The van der Waals surface area contributed by atoms with Gasteiger partial charge in [0.15, 0.2) is 5.96 Å². The third-order valence-corrected chi connectivity index (χ3v) is 4.84. The Balaban J connectivity index is 4.51. The fraction of sp³-hybridized carbons (Fsp3) is 0.857. The van der Waals surface area contributed by atoms with Crippen LogP contribution in [0.15, 0.2) is 0 Å². The van der Waals surface area contributed by atoms with Crippen LogP contribution in [0.3, 0.4) is 0 Å². The molecule has 6 nitrogen and oxygen atoms in total. The van der Waals surface area contributed by atoms with Crippen LogP contribution in [0.4, 0.5) is 0 Å². The van der Waals surface area contributed by atoms with E-state index in [1.165, 1.54) is 25.7 Å². The molecule has 0 bridgehead atoms. The number of amides is 1. The SMILES string of the molecule is [2H]C([2H])([2H])N(CC(=O)OC(C)(C)C(C)C)C(=N)NC(=O)CCCCCCCCCC. The zero-order valence-electron chi connectivity index (χ0n) is 20.8. The van der Waals surface area contributed by atoms with Crippen molar-refractivity contribution in [1.82, 2.24) is 10.2 Å². The molecular weight excluding hydrogens is 342 g/mol. The van der Waals surface area contributed by atoms with Crippen LogP contribution in [-0.4, -0.2) is 41.9 Å². The minimum atomic E-state index is -2.75. The molecule has 0 rings (SSSR count). The smallest absolute Gasteiger partial charge is 0.326 e. The van der Waals surface area contributed by atoms with Crippen molar-refractivity contribution in [1.29, 1.82) is 5.41 Å².